The number of hydrogen-bond acceptors (Lipinski definition) is 2. The van der Waals surface area contributed by atoms with Crippen LogP contribution >= 0.6 is 15.9 Å². The minimum atomic E-state index is -0.622. The molecular formula is C22H18BrF2NO. The number of rotatable bonds is 5. The number of halogens is 3. The van der Waals surface area contributed by atoms with Crippen LogP contribution in [-0.2, 0) is 0 Å². The third-order valence-corrected chi connectivity index (χ3v) is 5.12. The van der Waals surface area contributed by atoms with Crippen molar-refractivity contribution in [1.82, 2.24) is 0 Å². The van der Waals surface area contributed by atoms with Crippen LogP contribution in [0, 0.1) is 18.6 Å². The Labute approximate surface area is 165 Å². The number of benzene rings is 3. The highest BCUT2D eigenvalue weighted by molar-refractivity contribution is 9.10. The van der Waals surface area contributed by atoms with Crippen LogP contribution in [0.25, 0.3) is 0 Å². The Balaban J connectivity index is 2.06. The van der Waals surface area contributed by atoms with E-state index in [0.29, 0.717) is 0 Å². The summed E-state index contributed by atoms with van der Waals surface area (Å²) in [6.07, 6.45) is 0.226. The van der Waals surface area contributed by atoms with E-state index in [-0.39, 0.29) is 23.6 Å². The summed E-state index contributed by atoms with van der Waals surface area (Å²) >= 11 is 3.43. The van der Waals surface area contributed by atoms with Gasteiger partial charge in [-0.2, -0.15) is 0 Å². The molecule has 1 atom stereocenters. The van der Waals surface area contributed by atoms with Crippen molar-refractivity contribution < 1.29 is 14.0 Å². The van der Waals surface area contributed by atoms with E-state index in [1.165, 1.54) is 0 Å². The third-order valence-electron chi connectivity index (χ3n) is 4.59. The number of aryl methyl sites for hydroxylation is 1. The fraction of sp³-hybridized carbons (Fsp3) is 0.136. The highest BCUT2D eigenvalue weighted by atomic mass is 79.9. The second-order valence-electron chi connectivity index (χ2n) is 6.34. The molecule has 138 valence electrons. The van der Waals surface area contributed by atoms with Crippen molar-refractivity contribution >= 4 is 21.6 Å². The average Bonchev–Trinajstić information content (AvgIpc) is 2.67. The van der Waals surface area contributed by atoms with Gasteiger partial charge in [0.25, 0.3) is 0 Å². The zero-order chi connectivity index (χ0) is 19.4. The molecule has 0 amide bonds. The second kappa shape index (κ2) is 8.44. The van der Waals surface area contributed by atoms with E-state index >= 15 is 0 Å². The van der Waals surface area contributed by atoms with Crippen LogP contribution < -0.4 is 0 Å². The summed E-state index contributed by atoms with van der Waals surface area (Å²) in [6, 6.07) is 18.8. The zero-order valence-electron chi connectivity index (χ0n) is 14.7. The largest absolute Gasteiger partial charge is 0.411 e. The molecule has 3 aromatic rings. The van der Waals surface area contributed by atoms with Crippen molar-refractivity contribution in [3.05, 3.63) is 105 Å². The fourth-order valence-electron chi connectivity index (χ4n) is 3.20. The fourth-order valence-corrected chi connectivity index (χ4v) is 3.46. The Bertz CT molecular complexity index is 970. The molecule has 0 heterocycles. The lowest BCUT2D eigenvalue weighted by Crippen LogP contribution is -2.13. The SMILES string of the molecule is Cc1ccccc1C(C/C(=N\O)c1cc(F)ccc1F)c1ccc(Br)cc1. The van der Waals surface area contributed by atoms with E-state index < -0.39 is 11.6 Å². The Hall–Kier alpha value is -2.53. The van der Waals surface area contributed by atoms with Gasteiger partial charge in [-0.05, 0) is 53.9 Å². The van der Waals surface area contributed by atoms with Crippen LogP contribution in [0.15, 0.2) is 76.4 Å². The molecule has 0 bridgehead atoms. The Kier molecular flexibility index (Phi) is 6.01. The topological polar surface area (TPSA) is 32.6 Å². The molecule has 0 radical (unpaired) electrons. The summed E-state index contributed by atoms with van der Waals surface area (Å²) in [6.45, 7) is 2.00. The van der Waals surface area contributed by atoms with Gasteiger partial charge in [-0.15, -0.1) is 0 Å². The number of nitrogens with zero attached hydrogens (tertiary/aromatic N) is 1. The van der Waals surface area contributed by atoms with Crippen molar-refractivity contribution in [3.8, 4) is 0 Å². The van der Waals surface area contributed by atoms with Gasteiger partial charge >= 0.3 is 0 Å². The van der Waals surface area contributed by atoms with Crippen molar-refractivity contribution in [2.45, 2.75) is 19.3 Å². The van der Waals surface area contributed by atoms with Gasteiger partial charge in [-0.3, -0.25) is 0 Å². The molecule has 1 N–H and O–H groups in total. The minimum absolute atomic E-state index is 0.0341. The van der Waals surface area contributed by atoms with Crippen LogP contribution in [0.2, 0.25) is 0 Å². The average molecular weight is 430 g/mol. The highest BCUT2D eigenvalue weighted by Crippen LogP contribution is 2.33. The first kappa shape index (κ1) is 19.2. The molecule has 0 aliphatic rings. The van der Waals surface area contributed by atoms with E-state index in [0.717, 1.165) is 39.4 Å². The molecule has 2 nitrogen and oxygen atoms in total. The number of hydrogen-bond donors (Lipinski definition) is 1. The van der Waals surface area contributed by atoms with Gasteiger partial charge in [0.1, 0.15) is 11.6 Å². The summed E-state index contributed by atoms with van der Waals surface area (Å²) in [4.78, 5) is 0. The number of oxime groups is 1. The summed E-state index contributed by atoms with van der Waals surface area (Å²) in [5.74, 6) is -1.37. The Morgan fingerprint density at radius 2 is 1.74 bits per heavy atom. The Morgan fingerprint density at radius 3 is 2.41 bits per heavy atom. The van der Waals surface area contributed by atoms with E-state index in [4.69, 9.17) is 0 Å². The lowest BCUT2D eigenvalue weighted by Gasteiger charge is -2.21. The highest BCUT2D eigenvalue weighted by Gasteiger charge is 2.22. The molecule has 3 aromatic carbocycles. The molecule has 0 aliphatic carbocycles. The summed E-state index contributed by atoms with van der Waals surface area (Å²) in [7, 11) is 0. The first-order chi connectivity index (χ1) is 13.0. The predicted octanol–water partition coefficient (Wildman–Crippen LogP) is 6.44. The first-order valence-electron chi connectivity index (χ1n) is 8.47. The van der Waals surface area contributed by atoms with E-state index in [2.05, 4.69) is 21.1 Å². The quantitative estimate of drug-likeness (QED) is 0.282. The molecule has 27 heavy (non-hydrogen) atoms. The maximum atomic E-state index is 14.2. The lowest BCUT2D eigenvalue weighted by atomic mass is 9.83. The van der Waals surface area contributed by atoms with Crippen molar-refractivity contribution in [2.75, 3.05) is 0 Å². The maximum Gasteiger partial charge on any atom is 0.132 e. The van der Waals surface area contributed by atoms with Crippen LogP contribution in [0.3, 0.4) is 0 Å². The molecular weight excluding hydrogens is 412 g/mol. The predicted molar refractivity (Wildman–Crippen MR) is 106 cm³/mol. The van der Waals surface area contributed by atoms with Gasteiger partial charge in [0.05, 0.1) is 5.71 Å². The lowest BCUT2D eigenvalue weighted by molar-refractivity contribution is 0.317. The zero-order valence-corrected chi connectivity index (χ0v) is 16.2. The van der Waals surface area contributed by atoms with Crippen LogP contribution in [0.1, 0.15) is 34.6 Å². The first-order valence-corrected chi connectivity index (χ1v) is 9.26. The normalized spacial score (nSPS) is 12.8. The van der Waals surface area contributed by atoms with Gasteiger partial charge in [0.15, 0.2) is 0 Å². The van der Waals surface area contributed by atoms with Gasteiger partial charge < -0.3 is 5.21 Å². The molecule has 0 aromatic heterocycles. The van der Waals surface area contributed by atoms with E-state index in [1.807, 2.05) is 55.5 Å². The minimum Gasteiger partial charge on any atom is -0.411 e. The molecule has 0 spiro atoms. The smallest absolute Gasteiger partial charge is 0.132 e. The third kappa shape index (κ3) is 4.42. The molecule has 0 saturated carbocycles. The monoisotopic (exact) mass is 429 g/mol. The summed E-state index contributed by atoms with van der Waals surface area (Å²) in [5.41, 5.74) is 3.17. The van der Waals surface area contributed by atoms with Crippen LogP contribution in [0.4, 0.5) is 8.78 Å². The van der Waals surface area contributed by atoms with Crippen LogP contribution in [0.5, 0.6) is 0 Å². The molecule has 5 heteroatoms. The molecule has 0 saturated heterocycles. The van der Waals surface area contributed by atoms with Gasteiger partial charge in [-0.25, -0.2) is 8.78 Å². The summed E-state index contributed by atoms with van der Waals surface area (Å²) < 4.78 is 28.8. The van der Waals surface area contributed by atoms with Gasteiger partial charge in [0.2, 0.25) is 0 Å². The summed E-state index contributed by atoms with van der Waals surface area (Å²) in [5, 5.41) is 12.8. The van der Waals surface area contributed by atoms with E-state index in [1.54, 1.807) is 0 Å². The second-order valence-corrected chi connectivity index (χ2v) is 7.25. The van der Waals surface area contributed by atoms with Gasteiger partial charge in [0, 0.05) is 22.4 Å². The Morgan fingerprint density at radius 1 is 1.04 bits per heavy atom. The van der Waals surface area contributed by atoms with Crippen molar-refractivity contribution in [3.63, 3.8) is 0 Å². The molecule has 0 aliphatic heterocycles. The van der Waals surface area contributed by atoms with Crippen molar-refractivity contribution in [2.24, 2.45) is 5.16 Å². The maximum absolute atomic E-state index is 14.2. The molecule has 3 rings (SSSR count). The van der Waals surface area contributed by atoms with E-state index in [9.17, 15) is 14.0 Å². The van der Waals surface area contributed by atoms with Crippen molar-refractivity contribution in [1.29, 1.82) is 0 Å². The van der Waals surface area contributed by atoms with Gasteiger partial charge in [-0.1, -0.05) is 57.5 Å². The molecule has 0 fully saturated rings. The standard InChI is InChI=1S/C22H18BrF2NO/c1-14-4-2-3-5-18(14)19(15-6-8-16(23)9-7-15)13-22(26-27)20-12-17(24)10-11-21(20)25/h2-12,19,27H,13H2,1H3/b26-22+. The van der Waals surface area contributed by atoms with Crippen LogP contribution in [-0.4, -0.2) is 10.9 Å². The molecule has 1 unspecified atom stereocenters.